The van der Waals surface area contributed by atoms with Gasteiger partial charge in [-0.2, -0.15) is 5.10 Å². The van der Waals surface area contributed by atoms with E-state index in [9.17, 15) is 4.79 Å². The zero-order chi connectivity index (χ0) is 24.6. The number of nitrogens with one attached hydrogen (secondary N) is 1. The van der Waals surface area contributed by atoms with Crippen LogP contribution in [-0.4, -0.2) is 37.1 Å². The second kappa shape index (κ2) is 9.22. The molecule has 3 aromatic heterocycles. The van der Waals surface area contributed by atoms with E-state index in [1.54, 1.807) is 23.3 Å². The Morgan fingerprint density at radius 1 is 1.23 bits per heavy atom. The fourth-order valence-electron chi connectivity index (χ4n) is 4.10. The molecular formula is C26H28N6O2S. The van der Waals surface area contributed by atoms with Crippen molar-refractivity contribution in [3.8, 4) is 17.0 Å². The number of hydrogen-bond donors (Lipinski definition) is 1. The van der Waals surface area contributed by atoms with Gasteiger partial charge in [0, 0.05) is 43.0 Å². The van der Waals surface area contributed by atoms with E-state index >= 15 is 0 Å². The number of aryl methyl sites for hydroxylation is 1. The van der Waals surface area contributed by atoms with Gasteiger partial charge >= 0.3 is 0 Å². The highest BCUT2D eigenvalue weighted by Gasteiger charge is 2.27. The molecule has 0 saturated carbocycles. The lowest BCUT2D eigenvalue weighted by Gasteiger charge is -2.26. The molecule has 35 heavy (non-hydrogen) atoms. The second-order valence-corrected chi connectivity index (χ2v) is 10.8. The Labute approximate surface area is 208 Å². The smallest absolute Gasteiger partial charge is 0.227 e. The number of thiazole rings is 1. The lowest BCUT2D eigenvalue weighted by molar-refractivity contribution is 0.0969. The van der Waals surface area contributed by atoms with Crippen LogP contribution in [0.5, 0.6) is 5.75 Å². The van der Waals surface area contributed by atoms with Gasteiger partial charge < -0.3 is 10.1 Å². The number of carbonyl (C=O) groups is 1. The van der Waals surface area contributed by atoms with Crippen molar-refractivity contribution in [1.82, 2.24) is 24.7 Å². The van der Waals surface area contributed by atoms with Crippen molar-refractivity contribution in [2.75, 3.05) is 11.9 Å². The molecule has 1 atom stereocenters. The van der Waals surface area contributed by atoms with Crippen LogP contribution in [0.1, 0.15) is 59.8 Å². The van der Waals surface area contributed by atoms with Crippen LogP contribution in [0.3, 0.4) is 0 Å². The van der Waals surface area contributed by atoms with Gasteiger partial charge in [0.2, 0.25) is 5.95 Å². The zero-order valence-electron chi connectivity index (χ0n) is 20.3. The number of anilines is 2. The molecule has 0 aliphatic carbocycles. The van der Waals surface area contributed by atoms with Gasteiger partial charge in [0.05, 0.1) is 34.1 Å². The third kappa shape index (κ3) is 5.09. The monoisotopic (exact) mass is 488 g/mol. The van der Waals surface area contributed by atoms with Gasteiger partial charge in [-0.15, -0.1) is 11.3 Å². The van der Waals surface area contributed by atoms with E-state index < -0.39 is 0 Å². The number of hydrogen-bond acceptors (Lipinski definition) is 8. The summed E-state index contributed by atoms with van der Waals surface area (Å²) in [5.41, 5.74) is 3.55. The van der Waals surface area contributed by atoms with Crippen LogP contribution in [0, 0.1) is 0 Å². The first-order valence-corrected chi connectivity index (χ1v) is 12.4. The van der Waals surface area contributed by atoms with E-state index in [1.165, 1.54) is 11.3 Å². The minimum atomic E-state index is -0.0563. The SMILES string of the molecule is Cn1cc(Nc2nccc(-c3ccc4c(c3)OCCC4CC(=O)c3cnc(C(C)(C)C)s3)n2)cn1. The first-order valence-electron chi connectivity index (χ1n) is 11.6. The van der Waals surface area contributed by atoms with E-state index in [-0.39, 0.29) is 17.1 Å². The standard InChI is InChI=1S/C26H28N6O2S/c1-26(2,3)24-28-14-23(35-24)21(33)11-16-8-10-34-22-12-17(5-6-19(16)22)20-7-9-27-25(31-20)30-18-13-29-32(4)15-18/h5-7,9,12-16H,8,10-11H2,1-4H3,(H,27,30,31). The molecule has 1 aromatic carbocycles. The lowest BCUT2D eigenvalue weighted by atomic mass is 9.87. The van der Waals surface area contributed by atoms with Crippen LogP contribution in [0.25, 0.3) is 11.3 Å². The maximum Gasteiger partial charge on any atom is 0.227 e. The molecule has 1 N–H and O–H groups in total. The molecule has 9 heteroatoms. The number of benzene rings is 1. The fourth-order valence-corrected chi connectivity index (χ4v) is 5.03. The average molecular weight is 489 g/mol. The van der Waals surface area contributed by atoms with E-state index in [4.69, 9.17) is 4.74 Å². The Bertz CT molecular complexity index is 1370. The van der Waals surface area contributed by atoms with Crippen molar-refractivity contribution in [1.29, 1.82) is 0 Å². The van der Waals surface area contributed by atoms with Gasteiger partial charge in [0.15, 0.2) is 5.78 Å². The van der Waals surface area contributed by atoms with E-state index in [0.717, 1.165) is 44.6 Å². The molecule has 4 aromatic rings. The van der Waals surface area contributed by atoms with E-state index in [0.29, 0.717) is 19.0 Å². The van der Waals surface area contributed by atoms with Gasteiger partial charge in [-0.1, -0.05) is 32.9 Å². The highest BCUT2D eigenvalue weighted by Crippen LogP contribution is 2.39. The molecule has 180 valence electrons. The lowest BCUT2D eigenvalue weighted by Crippen LogP contribution is -2.17. The van der Waals surface area contributed by atoms with Gasteiger partial charge in [0.1, 0.15) is 5.75 Å². The first kappa shape index (κ1) is 23.2. The number of carbonyl (C=O) groups excluding carboxylic acids is 1. The summed E-state index contributed by atoms with van der Waals surface area (Å²) in [6, 6.07) is 7.97. The van der Waals surface area contributed by atoms with Gasteiger partial charge in [-0.3, -0.25) is 9.48 Å². The molecule has 5 rings (SSSR count). The third-order valence-electron chi connectivity index (χ3n) is 5.94. The average Bonchev–Trinajstić information content (AvgIpc) is 3.49. The van der Waals surface area contributed by atoms with Crippen molar-refractivity contribution < 1.29 is 9.53 Å². The Balaban J connectivity index is 1.34. The molecule has 0 bridgehead atoms. The molecule has 1 unspecified atom stereocenters. The topological polar surface area (TPSA) is 94.8 Å². The Morgan fingerprint density at radius 3 is 2.83 bits per heavy atom. The molecule has 1 aliphatic heterocycles. The quantitative estimate of drug-likeness (QED) is 0.357. The van der Waals surface area contributed by atoms with Crippen molar-refractivity contribution in [3.63, 3.8) is 0 Å². The number of Topliss-reactive ketones (excluding diaryl/α,β-unsaturated/α-hetero) is 1. The maximum atomic E-state index is 13.0. The third-order valence-corrected chi connectivity index (χ3v) is 7.41. The van der Waals surface area contributed by atoms with Gasteiger partial charge in [-0.05, 0) is 30.0 Å². The zero-order valence-corrected chi connectivity index (χ0v) is 21.1. The summed E-state index contributed by atoms with van der Waals surface area (Å²) < 4.78 is 7.70. The van der Waals surface area contributed by atoms with Gasteiger partial charge in [0.25, 0.3) is 0 Å². The summed E-state index contributed by atoms with van der Waals surface area (Å²) in [4.78, 5) is 27.2. The second-order valence-electron chi connectivity index (χ2n) is 9.79. The highest BCUT2D eigenvalue weighted by molar-refractivity contribution is 7.13. The number of ketones is 1. The van der Waals surface area contributed by atoms with Crippen molar-refractivity contribution in [2.45, 2.75) is 44.9 Å². The minimum absolute atomic E-state index is 0.0563. The predicted octanol–water partition coefficient (Wildman–Crippen LogP) is 5.51. The summed E-state index contributed by atoms with van der Waals surface area (Å²) in [6.45, 7) is 6.92. The van der Waals surface area contributed by atoms with Crippen molar-refractivity contribution >= 4 is 28.8 Å². The predicted molar refractivity (Wildman–Crippen MR) is 137 cm³/mol. The van der Waals surface area contributed by atoms with Crippen molar-refractivity contribution in [2.24, 2.45) is 7.05 Å². The molecule has 0 fully saturated rings. The largest absolute Gasteiger partial charge is 0.493 e. The van der Waals surface area contributed by atoms with Gasteiger partial charge in [-0.25, -0.2) is 15.0 Å². The Kier molecular flexibility index (Phi) is 6.10. The Hall–Kier alpha value is -3.59. The van der Waals surface area contributed by atoms with E-state index in [1.807, 2.05) is 31.4 Å². The molecule has 0 amide bonds. The Morgan fingerprint density at radius 2 is 2.09 bits per heavy atom. The molecule has 1 aliphatic rings. The van der Waals surface area contributed by atoms with Crippen LogP contribution in [0.15, 0.2) is 49.1 Å². The number of rotatable bonds is 6. The fraction of sp³-hybridized carbons (Fsp3) is 0.346. The van der Waals surface area contributed by atoms with Crippen LogP contribution in [0.4, 0.5) is 11.6 Å². The molecule has 0 radical (unpaired) electrons. The molecule has 0 spiro atoms. The molecule has 8 nitrogen and oxygen atoms in total. The highest BCUT2D eigenvalue weighted by atomic mass is 32.1. The summed E-state index contributed by atoms with van der Waals surface area (Å²) in [7, 11) is 1.86. The molecule has 0 saturated heterocycles. The number of fused-ring (bicyclic) bond motifs is 1. The number of ether oxygens (including phenoxy) is 1. The summed E-state index contributed by atoms with van der Waals surface area (Å²) in [5.74, 6) is 1.57. The summed E-state index contributed by atoms with van der Waals surface area (Å²) >= 11 is 1.50. The van der Waals surface area contributed by atoms with Crippen LogP contribution < -0.4 is 10.1 Å². The molecular weight excluding hydrogens is 460 g/mol. The first-order chi connectivity index (χ1) is 16.8. The van der Waals surface area contributed by atoms with Crippen molar-refractivity contribution in [3.05, 3.63) is 64.5 Å². The number of nitrogens with zero attached hydrogens (tertiary/aromatic N) is 5. The molecule has 4 heterocycles. The van der Waals surface area contributed by atoms with Crippen LogP contribution in [0.2, 0.25) is 0 Å². The summed E-state index contributed by atoms with van der Waals surface area (Å²) in [5, 5.41) is 8.32. The summed E-state index contributed by atoms with van der Waals surface area (Å²) in [6.07, 6.45) is 8.30. The van der Waals surface area contributed by atoms with Crippen LogP contribution >= 0.6 is 11.3 Å². The maximum absolute atomic E-state index is 13.0. The normalized spacial score (nSPS) is 15.4. The minimum Gasteiger partial charge on any atom is -0.493 e. The van der Waals surface area contributed by atoms with Crippen LogP contribution in [-0.2, 0) is 12.5 Å². The van der Waals surface area contributed by atoms with E-state index in [2.05, 4.69) is 52.2 Å². The number of aromatic nitrogens is 5.